The Hall–Kier alpha value is -2.17. The average Bonchev–Trinajstić information content (AvgIpc) is 2.80. The molecule has 1 unspecified atom stereocenters. The molecule has 0 saturated heterocycles. The number of nitro groups is 1. The SMILES string of the molecule is CCCC(C)C(=O)c1c[nH]c2cc([N+](=O)[O-])ccc12. The number of non-ortho nitro benzene ring substituents is 1. The zero-order chi connectivity index (χ0) is 14.0. The van der Waals surface area contributed by atoms with Crippen molar-refractivity contribution in [3.8, 4) is 0 Å². The lowest BCUT2D eigenvalue weighted by Gasteiger charge is -2.07. The Labute approximate surface area is 110 Å². The first-order valence-electron chi connectivity index (χ1n) is 6.34. The van der Waals surface area contributed by atoms with E-state index in [1.54, 1.807) is 12.3 Å². The summed E-state index contributed by atoms with van der Waals surface area (Å²) in [5.41, 5.74) is 1.27. The molecule has 0 aliphatic heterocycles. The first-order chi connectivity index (χ1) is 9.04. The molecule has 0 saturated carbocycles. The van der Waals surface area contributed by atoms with Crippen molar-refractivity contribution < 1.29 is 9.72 Å². The van der Waals surface area contributed by atoms with Crippen LogP contribution in [0.25, 0.3) is 10.9 Å². The first-order valence-corrected chi connectivity index (χ1v) is 6.34. The molecule has 1 heterocycles. The molecular weight excluding hydrogens is 244 g/mol. The van der Waals surface area contributed by atoms with Gasteiger partial charge in [-0.2, -0.15) is 0 Å². The maximum absolute atomic E-state index is 12.3. The van der Waals surface area contributed by atoms with E-state index in [1.165, 1.54) is 12.1 Å². The third-order valence-corrected chi connectivity index (χ3v) is 3.31. The van der Waals surface area contributed by atoms with Crippen molar-refractivity contribution in [3.05, 3.63) is 40.1 Å². The van der Waals surface area contributed by atoms with Gasteiger partial charge >= 0.3 is 0 Å². The highest BCUT2D eigenvalue weighted by Gasteiger charge is 2.19. The van der Waals surface area contributed by atoms with Gasteiger partial charge < -0.3 is 4.98 Å². The first kappa shape index (κ1) is 13.3. The van der Waals surface area contributed by atoms with E-state index in [1.807, 2.05) is 13.8 Å². The fraction of sp³-hybridized carbons (Fsp3) is 0.357. The van der Waals surface area contributed by atoms with Gasteiger partial charge in [0.25, 0.3) is 5.69 Å². The quantitative estimate of drug-likeness (QED) is 0.506. The molecule has 0 amide bonds. The van der Waals surface area contributed by atoms with Crippen molar-refractivity contribution in [1.29, 1.82) is 0 Å². The van der Waals surface area contributed by atoms with Gasteiger partial charge in [-0.3, -0.25) is 14.9 Å². The lowest BCUT2D eigenvalue weighted by molar-refractivity contribution is -0.384. The van der Waals surface area contributed by atoms with Gasteiger partial charge in [-0.15, -0.1) is 0 Å². The minimum absolute atomic E-state index is 0.0231. The molecule has 1 aromatic carbocycles. The molecule has 100 valence electrons. The fourth-order valence-electron chi connectivity index (χ4n) is 2.26. The molecule has 2 rings (SSSR count). The van der Waals surface area contributed by atoms with Gasteiger partial charge in [-0.1, -0.05) is 20.3 Å². The van der Waals surface area contributed by atoms with Crippen molar-refractivity contribution in [1.82, 2.24) is 4.98 Å². The van der Waals surface area contributed by atoms with E-state index in [9.17, 15) is 14.9 Å². The zero-order valence-corrected chi connectivity index (χ0v) is 11.0. The predicted molar refractivity (Wildman–Crippen MR) is 73.4 cm³/mol. The van der Waals surface area contributed by atoms with E-state index in [4.69, 9.17) is 0 Å². The third kappa shape index (κ3) is 2.50. The summed E-state index contributed by atoms with van der Waals surface area (Å²) in [4.78, 5) is 25.5. The summed E-state index contributed by atoms with van der Waals surface area (Å²) in [6.45, 7) is 3.96. The summed E-state index contributed by atoms with van der Waals surface area (Å²) < 4.78 is 0. The lowest BCUT2D eigenvalue weighted by atomic mass is 9.95. The van der Waals surface area contributed by atoms with Crippen LogP contribution in [0.5, 0.6) is 0 Å². The standard InChI is InChI=1S/C14H16N2O3/c1-3-4-9(2)14(17)12-8-15-13-7-10(16(18)19)5-6-11(12)13/h5-9,15H,3-4H2,1-2H3. The number of H-pyrrole nitrogens is 1. The number of Topliss-reactive ketones (excluding diaryl/α,β-unsaturated/α-hetero) is 1. The highest BCUT2D eigenvalue weighted by molar-refractivity contribution is 6.09. The van der Waals surface area contributed by atoms with Gasteiger partial charge in [-0.05, 0) is 12.5 Å². The Kier molecular flexibility index (Phi) is 3.64. The molecule has 0 spiro atoms. The van der Waals surface area contributed by atoms with Crippen LogP contribution in [0.3, 0.4) is 0 Å². The molecule has 1 atom stereocenters. The summed E-state index contributed by atoms with van der Waals surface area (Å²) in [6.07, 6.45) is 3.45. The van der Waals surface area contributed by atoms with E-state index in [0.717, 1.165) is 18.2 Å². The molecule has 0 bridgehead atoms. The Bertz CT molecular complexity index is 631. The zero-order valence-electron chi connectivity index (χ0n) is 11.0. The number of nitro benzene ring substituents is 1. The number of benzene rings is 1. The normalized spacial score (nSPS) is 12.5. The number of fused-ring (bicyclic) bond motifs is 1. The van der Waals surface area contributed by atoms with Crippen LogP contribution < -0.4 is 0 Å². The van der Waals surface area contributed by atoms with Crippen LogP contribution in [-0.2, 0) is 0 Å². The molecule has 5 heteroatoms. The van der Waals surface area contributed by atoms with Crippen molar-refractivity contribution >= 4 is 22.4 Å². The lowest BCUT2D eigenvalue weighted by Crippen LogP contribution is -2.10. The molecule has 5 nitrogen and oxygen atoms in total. The van der Waals surface area contributed by atoms with Gasteiger partial charge in [0.05, 0.1) is 10.4 Å². The maximum Gasteiger partial charge on any atom is 0.271 e. The monoisotopic (exact) mass is 260 g/mol. The molecule has 0 fully saturated rings. The predicted octanol–water partition coefficient (Wildman–Crippen LogP) is 3.70. The number of nitrogens with zero attached hydrogens (tertiary/aromatic N) is 1. The average molecular weight is 260 g/mol. The number of nitrogens with one attached hydrogen (secondary N) is 1. The Balaban J connectivity index is 2.41. The van der Waals surface area contributed by atoms with E-state index in [2.05, 4.69) is 4.98 Å². The number of aromatic amines is 1. The number of carbonyl (C=O) groups is 1. The van der Waals surface area contributed by atoms with Crippen LogP contribution in [0, 0.1) is 16.0 Å². The molecular formula is C14H16N2O3. The summed E-state index contributed by atoms with van der Waals surface area (Å²) in [6, 6.07) is 4.52. The fourth-order valence-corrected chi connectivity index (χ4v) is 2.26. The van der Waals surface area contributed by atoms with E-state index in [0.29, 0.717) is 11.1 Å². The number of carbonyl (C=O) groups excluding carboxylic acids is 1. The van der Waals surface area contributed by atoms with Gasteiger partial charge in [0.1, 0.15) is 0 Å². The van der Waals surface area contributed by atoms with E-state index in [-0.39, 0.29) is 17.4 Å². The van der Waals surface area contributed by atoms with Gasteiger partial charge in [0.15, 0.2) is 5.78 Å². The summed E-state index contributed by atoms with van der Waals surface area (Å²) in [7, 11) is 0. The van der Waals surface area contributed by atoms with Crippen molar-refractivity contribution in [2.45, 2.75) is 26.7 Å². The Morgan fingerprint density at radius 1 is 1.47 bits per heavy atom. The smallest absolute Gasteiger partial charge is 0.271 e. The summed E-state index contributed by atoms with van der Waals surface area (Å²) >= 11 is 0. The highest BCUT2D eigenvalue weighted by atomic mass is 16.6. The topological polar surface area (TPSA) is 76.0 Å². The molecule has 0 radical (unpaired) electrons. The molecule has 0 aliphatic carbocycles. The number of aromatic nitrogens is 1. The highest BCUT2D eigenvalue weighted by Crippen LogP contribution is 2.25. The van der Waals surface area contributed by atoms with Crippen LogP contribution in [0.4, 0.5) is 5.69 Å². The second-order valence-corrected chi connectivity index (χ2v) is 4.74. The van der Waals surface area contributed by atoms with Crippen LogP contribution in [0.15, 0.2) is 24.4 Å². The van der Waals surface area contributed by atoms with Gasteiger partial charge in [0.2, 0.25) is 0 Å². The van der Waals surface area contributed by atoms with Crippen molar-refractivity contribution in [2.75, 3.05) is 0 Å². The number of hydrogen-bond donors (Lipinski definition) is 1. The molecule has 1 aromatic heterocycles. The third-order valence-electron chi connectivity index (χ3n) is 3.31. The Morgan fingerprint density at radius 2 is 2.21 bits per heavy atom. The van der Waals surface area contributed by atoms with Crippen LogP contribution in [0.1, 0.15) is 37.0 Å². The van der Waals surface area contributed by atoms with E-state index < -0.39 is 4.92 Å². The molecule has 0 aliphatic rings. The number of rotatable bonds is 5. The minimum atomic E-state index is -0.443. The molecule has 1 N–H and O–H groups in total. The molecule has 19 heavy (non-hydrogen) atoms. The van der Waals surface area contributed by atoms with Crippen molar-refractivity contribution in [2.24, 2.45) is 5.92 Å². The van der Waals surface area contributed by atoms with Gasteiger partial charge in [0, 0.05) is 35.2 Å². The minimum Gasteiger partial charge on any atom is -0.360 e. The van der Waals surface area contributed by atoms with E-state index >= 15 is 0 Å². The van der Waals surface area contributed by atoms with Crippen molar-refractivity contribution in [3.63, 3.8) is 0 Å². The van der Waals surface area contributed by atoms with Crippen LogP contribution in [0.2, 0.25) is 0 Å². The maximum atomic E-state index is 12.3. The second-order valence-electron chi connectivity index (χ2n) is 4.74. The second kappa shape index (κ2) is 5.22. The Morgan fingerprint density at radius 3 is 2.84 bits per heavy atom. The van der Waals surface area contributed by atoms with Crippen LogP contribution in [-0.4, -0.2) is 15.7 Å². The summed E-state index contributed by atoms with van der Waals surface area (Å²) in [5.74, 6) is 0.0566. The van der Waals surface area contributed by atoms with Gasteiger partial charge in [-0.25, -0.2) is 0 Å². The molecule has 2 aromatic rings. The van der Waals surface area contributed by atoms with Crippen LogP contribution >= 0.6 is 0 Å². The number of hydrogen-bond acceptors (Lipinski definition) is 3. The largest absolute Gasteiger partial charge is 0.360 e. The summed E-state index contributed by atoms with van der Waals surface area (Å²) in [5, 5.41) is 11.5. The number of ketones is 1.